The smallest absolute Gasteiger partial charge is 0.0925 e. The van der Waals surface area contributed by atoms with Crippen molar-refractivity contribution in [1.82, 2.24) is 19.8 Å². The highest BCUT2D eigenvalue weighted by Gasteiger charge is 2.38. The normalized spacial score (nSPS) is 23.2. The molecule has 2 saturated heterocycles. The Morgan fingerprint density at radius 3 is 2.73 bits per heavy atom. The number of rotatable bonds is 5. The molecule has 0 aliphatic carbocycles. The Morgan fingerprint density at radius 1 is 1.23 bits per heavy atom. The van der Waals surface area contributed by atoms with Crippen LogP contribution in [0.3, 0.4) is 0 Å². The second-order valence-corrected chi connectivity index (χ2v) is 7.12. The van der Waals surface area contributed by atoms with Crippen LogP contribution in [-0.4, -0.2) is 66.2 Å². The second kappa shape index (κ2) is 7.11. The lowest BCUT2D eigenvalue weighted by atomic mass is 9.72. The summed E-state index contributed by atoms with van der Waals surface area (Å²) in [6, 6.07) is 0. The van der Waals surface area contributed by atoms with Crippen molar-refractivity contribution in [2.75, 3.05) is 46.4 Å². The minimum atomic E-state index is 0.548. The van der Waals surface area contributed by atoms with E-state index in [4.69, 9.17) is 4.74 Å². The fraction of sp³-hybridized carbons (Fsp3) is 0.824. The molecular weight excluding hydrogens is 276 g/mol. The van der Waals surface area contributed by atoms with Crippen LogP contribution in [0, 0.1) is 12.3 Å². The summed E-state index contributed by atoms with van der Waals surface area (Å²) < 4.78 is 5.21. The van der Waals surface area contributed by atoms with Gasteiger partial charge in [0.1, 0.15) is 0 Å². The van der Waals surface area contributed by atoms with E-state index < -0.39 is 0 Å². The fourth-order valence-corrected chi connectivity index (χ4v) is 4.08. The molecule has 124 valence electrons. The summed E-state index contributed by atoms with van der Waals surface area (Å²) in [7, 11) is 1.79. The van der Waals surface area contributed by atoms with Crippen molar-refractivity contribution in [3.8, 4) is 0 Å². The first-order valence-corrected chi connectivity index (χ1v) is 8.63. The molecule has 5 heteroatoms. The second-order valence-electron chi connectivity index (χ2n) is 7.12. The maximum atomic E-state index is 5.21. The Morgan fingerprint density at radius 2 is 2.05 bits per heavy atom. The number of aromatic amines is 1. The third kappa shape index (κ3) is 3.70. The van der Waals surface area contributed by atoms with Crippen molar-refractivity contribution in [1.29, 1.82) is 0 Å². The van der Waals surface area contributed by atoms with Crippen molar-refractivity contribution >= 4 is 0 Å². The van der Waals surface area contributed by atoms with Gasteiger partial charge in [-0.2, -0.15) is 0 Å². The minimum Gasteiger partial charge on any atom is -0.383 e. The zero-order valence-corrected chi connectivity index (χ0v) is 14.1. The molecule has 0 saturated carbocycles. The Hall–Kier alpha value is -0.910. The van der Waals surface area contributed by atoms with E-state index in [0.29, 0.717) is 5.41 Å². The van der Waals surface area contributed by atoms with Crippen LogP contribution in [0.5, 0.6) is 0 Å². The molecule has 0 radical (unpaired) electrons. The van der Waals surface area contributed by atoms with Crippen LogP contribution < -0.4 is 0 Å². The predicted octanol–water partition coefficient (Wildman–Crippen LogP) is 2.04. The number of nitrogens with zero attached hydrogens (tertiary/aromatic N) is 3. The van der Waals surface area contributed by atoms with Crippen LogP contribution in [0.4, 0.5) is 0 Å². The Balaban J connectivity index is 1.53. The van der Waals surface area contributed by atoms with Gasteiger partial charge in [0.05, 0.1) is 18.6 Å². The number of imidazole rings is 1. The summed E-state index contributed by atoms with van der Waals surface area (Å²) in [4.78, 5) is 12.9. The van der Waals surface area contributed by atoms with Crippen LogP contribution in [0.25, 0.3) is 0 Å². The molecule has 2 aliphatic heterocycles. The van der Waals surface area contributed by atoms with Gasteiger partial charge in [-0.25, -0.2) is 4.98 Å². The highest BCUT2D eigenvalue weighted by Crippen LogP contribution is 2.40. The van der Waals surface area contributed by atoms with Gasteiger partial charge < -0.3 is 14.6 Å². The van der Waals surface area contributed by atoms with Gasteiger partial charge in [0.2, 0.25) is 0 Å². The number of piperidine rings is 2. The summed E-state index contributed by atoms with van der Waals surface area (Å²) in [6.45, 7) is 10.0. The van der Waals surface area contributed by atoms with Gasteiger partial charge in [0, 0.05) is 32.4 Å². The number of ether oxygens (including phenoxy) is 1. The molecule has 0 atom stereocenters. The van der Waals surface area contributed by atoms with Gasteiger partial charge in [-0.05, 0) is 57.7 Å². The lowest BCUT2D eigenvalue weighted by Gasteiger charge is -2.47. The monoisotopic (exact) mass is 306 g/mol. The number of hydrogen-bond donors (Lipinski definition) is 1. The van der Waals surface area contributed by atoms with Gasteiger partial charge in [-0.15, -0.1) is 0 Å². The maximum Gasteiger partial charge on any atom is 0.0925 e. The summed E-state index contributed by atoms with van der Waals surface area (Å²) in [5.41, 5.74) is 2.98. The first kappa shape index (κ1) is 16.0. The molecule has 2 fully saturated rings. The van der Waals surface area contributed by atoms with Crippen LogP contribution in [0.1, 0.15) is 37.1 Å². The molecule has 1 N–H and O–H groups in total. The molecule has 22 heavy (non-hydrogen) atoms. The molecule has 0 aromatic carbocycles. The fourth-order valence-electron chi connectivity index (χ4n) is 4.08. The Bertz CT molecular complexity index is 465. The van der Waals surface area contributed by atoms with Gasteiger partial charge in [-0.1, -0.05) is 0 Å². The molecule has 1 spiro atoms. The zero-order valence-electron chi connectivity index (χ0n) is 14.1. The van der Waals surface area contributed by atoms with Crippen molar-refractivity contribution in [2.24, 2.45) is 5.41 Å². The van der Waals surface area contributed by atoms with E-state index >= 15 is 0 Å². The number of nitrogens with one attached hydrogen (secondary N) is 1. The van der Waals surface area contributed by atoms with E-state index in [1.807, 2.05) is 6.33 Å². The van der Waals surface area contributed by atoms with Crippen LogP contribution >= 0.6 is 0 Å². The minimum absolute atomic E-state index is 0.548. The molecular formula is C17H30N4O. The maximum absolute atomic E-state index is 5.21. The van der Waals surface area contributed by atoms with E-state index in [-0.39, 0.29) is 0 Å². The number of aryl methyl sites for hydroxylation is 1. The molecule has 1 aromatic heterocycles. The van der Waals surface area contributed by atoms with Crippen molar-refractivity contribution in [2.45, 2.75) is 39.2 Å². The Labute approximate surface area is 134 Å². The number of aromatic nitrogens is 2. The number of methoxy groups -OCH3 is 1. The highest BCUT2D eigenvalue weighted by atomic mass is 16.5. The van der Waals surface area contributed by atoms with Crippen LogP contribution in [0.2, 0.25) is 0 Å². The quantitative estimate of drug-likeness (QED) is 0.904. The number of H-pyrrole nitrogens is 1. The molecule has 0 amide bonds. The van der Waals surface area contributed by atoms with Crippen LogP contribution in [0.15, 0.2) is 6.33 Å². The molecule has 2 aliphatic rings. The van der Waals surface area contributed by atoms with E-state index in [1.165, 1.54) is 63.3 Å². The molecule has 0 unspecified atom stereocenters. The first-order valence-electron chi connectivity index (χ1n) is 8.63. The standard InChI is InChI=1S/C17H30N4O/c1-15-16(19-14-18-15)12-21-7-3-4-17(13-21)5-8-20(9-6-17)10-11-22-2/h14H,3-13H2,1-2H3,(H,18,19). The van der Waals surface area contributed by atoms with Gasteiger partial charge in [-0.3, -0.25) is 4.90 Å². The van der Waals surface area contributed by atoms with Gasteiger partial charge >= 0.3 is 0 Å². The van der Waals surface area contributed by atoms with E-state index in [1.54, 1.807) is 7.11 Å². The zero-order chi connectivity index (χ0) is 15.4. The SMILES string of the molecule is COCCN1CCC2(CCCN(Cc3nc[nH]c3C)C2)CC1. The van der Waals surface area contributed by atoms with E-state index in [0.717, 1.165) is 19.7 Å². The number of hydrogen-bond acceptors (Lipinski definition) is 4. The van der Waals surface area contributed by atoms with Gasteiger partial charge in [0.15, 0.2) is 0 Å². The first-order chi connectivity index (χ1) is 10.7. The predicted molar refractivity (Wildman–Crippen MR) is 87.8 cm³/mol. The lowest BCUT2D eigenvalue weighted by molar-refractivity contribution is 0.0140. The third-order valence-electron chi connectivity index (χ3n) is 5.58. The lowest BCUT2D eigenvalue weighted by Crippen LogP contribution is -2.49. The molecule has 5 nitrogen and oxygen atoms in total. The molecule has 1 aromatic rings. The van der Waals surface area contributed by atoms with E-state index in [9.17, 15) is 0 Å². The average Bonchev–Trinajstić information content (AvgIpc) is 2.92. The Kier molecular flexibility index (Phi) is 5.16. The number of likely N-dealkylation sites (tertiary alicyclic amines) is 2. The molecule has 0 bridgehead atoms. The average molecular weight is 306 g/mol. The van der Waals surface area contributed by atoms with Crippen molar-refractivity contribution in [3.63, 3.8) is 0 Å². The highest BCUT2D eigenvalue weighted by molar-refractivity contribution is 5.08. The van der Waals surface area contributed by atoms with Crippen LogP contribution in [-0.2, 0) is 11.3 Å². The van der Waals surface area contributed by atoms with E-state index in [2.05, 4.69) is 26.7 Å². The summed E-state index contributed by atoms with van der Waals surface area (Å²) >= 11 is 0. The molecule has 3 heterocycles. The van der Waals surface area contributed by atoms with Gasteiger partial charge in [0.25, 0.3) is 0 Å². The summed E-state index contributed by atoms with van der Waals surface area (Å²) in [5, 5.41) is 0. The molecule has 3 rings (SSSR count). The largest absolute Gasteiger partial charge is 0.383 e. The van der Waals surface area contributed by atoms with Crippen molar-refractivity contribution in [3.05, 3.63) is 17.7 Å². The summed E-state index contributed by atoms with van der Waals surface area (Å²) in [6.07, 6.45) is 7.24. The third-order valence-corrected chi connectivity index (χ3v) is 5.58. The summed E-state index contributed by atoms with van der Waals surface area (Å²) in [5.74, 6) is 0. The van der Waals surface area contributed by atoms with Crippen molar-refractivity contribution < 1.29 is 4.74 Å². The topological polar surface area (TPSA) is 44.4 Å².